The minimum Gasteiger partial charge on any atom is -0.342 e. The van der Waals surface area contributed by atoms with E-state index >= 15 is 0 Å². The number of hydrogen-bond donors (Lipinski definition) is 1. The smallest absolute Gasteiger partial charge is 0.269 e. The van der Waals surface area contributed by atoms with Crippen molar-refractivity contribution in [3.05, 3.63) is 38.9 Å². The van der Waals surface area contributed by atoms with Crippen LogP contribution < -0.4 is 5.32 Å². The fourth-order valence-electron chi connectivity index (χ4n) is 2.37. The summed E-state index contributed by atoms with van der Waals surface area (Å²) in [6, 6.07) is 4.30. The van der Waals surface area contributed by atoms with E-state index in [2.05, 4.69) is 5.32 Å². The summed E-state index contributed by atoms with van der Waals surface area (Å²) in [7, 11) is 0. The Hall–Kier alpha value is -1.66. The lowest BCUT2D eigenvalue weighted by Gasteiger charge is -2.26. The number of amides is 1. The molecule has 0 aliphatic carbocycles. The monoisotopic (exact) mass is 311 g/mol. The Morgan fingerprint density at radius 2 is 2.05 bits per heavy atom. The average Bonchev–Trinajstić information content (AvgIpc) is 2.49. The number of hydrogen-bond acceptors (Lipinski definition) is 4. The maximum Gasteiger partial charge on any atom is 0.269 e. The molecule has 21 heavy (non-hydrogen) atoms. The third-order valence-corrected chi connectivity index (χ3v) is 3.91. The van der Waals surface area contributed by atoms with E-state index in [9.17, 15) is 14.9 Å². The molecule has 1 aliphatic rings. The summed E-state index contributed by atoms with van der Waals surface area (Å²) in [6.45, 7) is 2.19. The number of non-ortho nitro benzene ring substituents is 1. The minimum atomic E-state index is -0.460. The first-order chi connectivity index (χ1) is 10.1. The molecular formula is C14H18ClN3O3. The largest absolute Gasteiger partial charge is 0.342 e. The number of halogens is 1. The van der Waals surface area contributed by atoms with Crippen LogP contribution >= 0.6 is 11.6 Å². The van der Waals surface area contributed by atoms with Gasteiger partial charge in [0.25, 0.3) is 5.69 Å². The van der Waals surface area contributed by atoms with Gasteiger partial charge in [-0.05, 0) is 30.9 Å². The van der Waals surface area contributed by atoms with Crippen LogP contribution in [-0.4, -0.2) is 35.4 Å². The summed E-state index contributed by atoms with van der Waals surface area (Å²) in [4.78, 5) is 24.1. The molecule has 7 heteroatoms. The van der Waals surface area contributed by atoms with E-state index in [0.29, 0.717) is 17.1 Å². The molecule has 1 heterocycles. The number of likely N-dealkylation sites (tertiary alicyclic amines) is 1. The number of rotatable bonds is 5. The zero-order valence-corrected chi connectivity index (χ0v) is 12.4. The van der Waals surface area contributed by atoms with Gasteiger partial charge in [0, 0.05) is 36.8 Å². The summed E-state index contributed by atoms with van der Waals surface area (Å²) < 4.78 is 0. The van der Waals surface area contributed by atoms with E-state index in [1.165, 1.54) is 24.6 Å². The van der Waals surface area contributed by atoms with Crippen LogP contribution in [0.25, 0.3) is 0 Å². The second-order valence-electron chi connectivity index (χ2n) is 5.08. The van der Waals surface area contributed by atoms with Crippen LogP contribution in [-0.2, 0) is 11.3 Å². The molecule has 1 aromatic carbocycles. The molecule has 0 atom stereocenters. The number of nitrogens with zero attached hydrogens (tertiary/aromatic N) is 2. The third-order valence-electron chi connectivity index (χ3n) is 3.54. The summed E-state index contributed by atoms with van der Waals surface area (Å²) in [5, 5.41) is 14.2. The van der Waals surface area contributed by atoms with Gasteiger partial charge in [-0.2, -0.15) is 0 Å². The second kappa shape index (κ2) is 7.38. The van der Waals surface area contributed by atoms with Gasteiger partial charge in [0.15, 0.2) is 0 Å². The lowest BCUT2D eigenvalue weighted by atomic mass is 10.1. The number of benzene rings is 1. The van der Waals surface area contributed by atoms with Crippen LogP contribution in [0.2, 0.25) is 5.02 Å². The van der Waals surface area contributed by atoms with Crippen molar-refractivity contribution in [2.45, 2.75) is 25.8 Å². The first-order valence-corrected chi connectivity index (χ1v) is 7.37. The number of nitro benzene ring substituents is 1. The van der Waals surface area contributed by atoms with Gasteiger partial charge in [-0.15, -0.1) is 0 Å². The Morgan fingerprint density at radius 1 is 1.33 bits per heavy atom. The van der Waals surface area contributed by atoms with Gasteiger partial charge in [0.1, 0.15) is 0 Å². The van der Waals surface area contributed by atoms with Crippen molar-refractivity contribution >= 4 is 23.2 Å². The highest BCUT2D eigenvalue weighted by atomic mass is 35.5. The number of carbonyl (C=O) groups is 1. The molecule has 114 valence electrons. The molecule has 0 bridgehead atoms. The summed E-state index contributed by atoms with van der Waals surface area (Å²) >= 11 is 6.01. The van der Waals surface area contributed by atoms with Crippen molar-refractivity contribution < 1.29 is 9.72 Å². The fraction of sp³-hybridized carbons (Fsp3) is 0.500. The Balaban J connectivity index is 1.86. The predicted octanol–water partition coefficient (Wildman–Crippen LogP) is 2.35. The van der Waals surface area contributed by atoms with Crippen molar-refractivity contribution in [2.75, 3.05) is 19.6 Å². The molecule has 1 aliphatic heterocycles. The van der Waals surface area contributed by atoms with Gasteiger partial charge in [-0.25, -0.2) is 0 Å². The topological polar surface area (TPSA) is 75.5 Å². The molecule has 0 spiro atoms. The van der Waals surface area contributed by atoms with Gasteiger partial charge in [-0.3, -0.25) is 14.9 Å². The SMILES string of the molecule is O=C(CNCc1cc([N+](=O)[O-])ccc1Cl)N1CCCCC1. The van der Waals surface area contributed by atoms with E-state index in [1.54, 1.807) is 0 Å². The van der Waals surface area contributed by atoms with E-state index in [4.69, 9.17) is 11.6 Å². The van der Waals surface area contributed by atoms with E-state index in [1.807, 2.05) is 4.90 Å². The van der Waals surface area contributed by atoms with E-state index in [-0.39, 0.29) is 18.1 Å². The maximum absolute atomic E-state index is 12.0. The average molecular weight is 312 g/mol. The highest BCUT2D eigenvalue weighted by Gasteiger charge is 2.16. The lowest BCUT2D eigenvalue weighted by molar-refractivity contribution is -0.384. The van der Waals surface area contributed by atoms with Crippen LogP contribution in [0.4, 0.5) is 5.69 Å². The van der Waals surface area contributed by atoms with Crippen molar-refractivity contribution in [1.82, 2.24) is 10.2 Å². The van der Waals surface area contributed by atoms with Gasteiger partial charge >= 0.3 is 0 Å². The zero-order valence-electron chi connectivity index (χ0n) is 11.7. The molecule has 0 aromatic heterocycles. The molecule has 0 radical (unpaired) electrons. The number of nitrogens with one attached hydrogen (secondary N) is 1. The van der Waals surface area contributed by atoms with E-state index < -0.39 is 4.92 Å². The Bertz CT molecular complexity index is 530. The molecule has 1 saturated heterocycles. The maximum atomic E-state index is 12.0. The molecular weight excluding hydrogens is 294 g/mol. The summed E-state index contributed by atoms with van der Waals surface area (Å²) in [5.74, 6) is 0.0660. The van der Waals surface area contributed by atoms with Crippen molar-refractivity contribution in [2.24, 2.45) is 0 Å². The first-order valence-electron chi connectivity index (χ1n) is 6.99. The number of piperidine rings is 1. The van der Waals surface area contributed by atoms with Crippen molar-refractivity contribution in [3.63, 3.8) is 0 Å². The van der Waals surface area contributed by atoms with E-state index in [0.717, 1.165) is 25.9 Å². The number of carbonyl (C=O) groups excluding carboxylic acids is 1. The predicted molar refractivity (Wildman–Crippen MR) is 80.2 cm³/mol. The first kappa shape index (κ1) is 15.7. The highest BCUT2D eigenvalue weighted by Crippen LogP contribution is 2.21. The second-order valence-corrected chi connectivity index (χ2v) is 5.49. The molecule has 6 nitrogen and oxygen atoms in total. The Labute approximate surface area is 128 Å². The minimum absolute atomic E-state index is 0.00134. The molecule has 0 unspecified atom stereocenters. The summed E-state index contributed by atoms with van der Waals surface area (Å²) in [6.07, 6.45) is 3.30. The number of nitro groups is 1. The molecule has 1 amide bonds. The normalized spacial score (nSPS) is 15.0. The Kier molecular flexibility index (Phi) is 5.52. The fourth-order valence-corrected chi connectivity index (χ4v) is 2.55. The van der Waals surface area contributed by atoms with Crippen LogP contribution in [0, 0.1) is 10.1 Å². The van der Waals surface area contributed by atoms with Crippen molar-refractivity contribution in [1.29, 1.82) is 0 Å². The van der Waals surface area contributed by atoms with Crippen LogP contribution in [0.15, 0.2) is 18.2 Å². The van der Waals surface area contributed by atoms with Crippen LogP contribution in [0.5, 0.6) is 0 Å². The van der Waals surface area contributed by atoms with Gasteiger partial charge in [-0.1, -0.05) is 11.6 Å². The van der Waals surface area contributed by atoms with Gasteiger partial charge in [0.05, 0.1) is 11.5 Å². The van der Waals surface area contributed by atoms with Gasteiger partial charge < -0.3 is 10.2 Å². The molecule has 1 N–H and O–H groups in total. The molecule has 2 rings (SSSR count). The quantitative estimate of drug-likeness (QED) is 0.669. The molecule has 1 fully saturated rings. The van der Waals surface area contributed by atoms with Gasteiger partial charge in [0.2, 0.25) is 5.91 Å². The third kappa shape index (κ3) is 4.41. The van der Waals surface area contributed by atoms with Crippen LogP contribution in [0.3, 0.4) is 0 Å². The summed E-state index contributed by atoms with van der Waals surface area (Å²) in [5.41, 5.74) is 0.621. The van der Waals surface area contributed by atoms with Crippen molar-refractivity contribution in [3.8, 4) is 0 Å². The van der Waals surface area contributed by atoms with Crippen LogP contribution in [0.1, 0.15) is 24.8 Å². The highest BCUT2D eigenvalue weighted by molar-refractivity contribution is 6.31. The zero-order chi connectivity index (χ0) is 15.2. The lowest BCUT2D eigenvalue weighted by Crippen LogP contribution is -2.40. The Morgan fingerprint density at radius 3 is 2.71 bits per heavy atom. The molecule has 1 aromatic rings. The molecule has 0 saturated carbocycles. The standard InChI is InChI=1S/C14H18ClN3O3/c15-13-5-4-12(18(20)21)8-11(13)9-16-10-14(19)17-6-2-1-3-7-17/h4-5,8,16H,1-3,6-7,9-10H2.